The summed E-state index contributed by atoms with van der Waals surface area (Å²) >= 11 is 0. The summed E-state index contributed by atoms with van der Waals surface area (Å²) in [7, 11) is 0. The third-order valence-electron chi connectivity index (χ3n) is 3.74. The molecule has 0 aliphatic heterocycles. The van der Waals surface area contributed by atoms with Gasteiger partial charge in [0.05, 0.1) is 6.61 Å². The number of hydrazine groups is 1. The molecule has 7 heteroatoms. The number of ether oxygens (including phenoxy) is 3. The minimum absolute atomic E-state index is 0.212. The van der Waals surface area contributed by atoms with Crippen LogP contribution in [0.5, 0.6) is 17.2 Å². The fourth-order valence-electron chi connectivity index (χ4n) is 2.31. The summed E-state index contributed by atoms with van der Waals surface area (Å²) in [5.74, 6) is 1.01. The lowest BCUT2D eigenvalue weighted by atomic mass is 10.0. The molecule has 0 aromatic heterocycles. The zero-order chi connectivity index (χ0) is 20.4. The summed E-state index contributed by atoms with van der Waals surface area (Å²) in [6.07, 6.45) is 0. The van der Waals surface area contributed by atoms with E-state index in [0.29, 0.717) is 29.8 Å². The molecule has 0 saturated carbocycles. The molecule has 2 amide bonds. The van der Waals surface area contributed by atoms with Gasteiger partial charge in [-0.15, -0.1) is 0 Å². The number of rotatable bonds is 9. The first-order valence-corrected chi connectivity index (χ1v) is 9.14. The minimum atomic E-state index is -0.499. The molecule has 2 rings (SSSR count). The van der Waals surface area contributed by atoms with Crippen LogP contribution in [0.3, 0.4) is 0 Å². The number of carbonyl (C=O) groups is 2. The largest absolute Gasteiger partial charge is 0.490 e. The molecular weight excluding hydrogens is 360 g/mol. The van der Waals surface area contributed by atoms with Crippen molar-refractivity contribution in [3.63, 3.8) is 0 Å². The fraction of sp³-hybridized carbons (Fsp3) is 0.333. The highest BCUT2D eigenvalue weighted by molar-refractivity contribution is 5.83. The van der Waals surface area contributed by atoms with E-state index in [1.165, 1.54) is 0 Å². The fourth-order valence-corrected chi connectivity index (χ4v) is 2.31. The lowest BCUT2D eigenvalue weighted by Gasteiger charge is -2.12. The highest BCUT2D eigenvalue weighted by Gasteiger charge is 2.09. The van der Waals surface area contributed by atoms with E-state index in [1.54, 1.807) is 24.3 Å². The number of hydrogen-bond donors (Lipinski definition) is 2. The van der Waals surface area contributed by atoms with E-state index < -0.39 is 11.8 Å². The molecule has 0 unspecified atom stereocenters. The molecule has 2 N–H and O–H groups in total. The summed E-state index contributed by atoms with van der Waals surface area (Å²) in [5.41, 5.74) is 5.70. The highest BCUT2D eigenvalue weighted by Crippen LogP contribution is 2.26. The lowest BCUT2D eigenvalue weighted by molar-refractivity contribution is -0.131. The smallest absolute Gasteiger partial charge is 0.276 e. The number of amides is 2. The van der Waals surface area contributed by atoms with Gasteiger partial charge in [0.15, 0.2) is 24.7 Å². The van der Waals surface area contributed by atoms with Crippen molar-refractivity contribution in [3.8, 4) is 17.2 Å². The van der Waals surface area contributed by atoms with Gasteiger partial charge in [-0.25, -0.2) is 0 Å². The van der Waals surface area contributed by atoms with Crippen LogP contribution in [0.4, 0.5) is 0 Å². The van der Waals surface area contributed by atoms with Gasteiger partial charge in [0.25, 0.3) is 11.8 Å². The standard InChI is InChI=1S/C21H26N2O5/c1-4-26-18-10-5-6-11-19(18)28-14-21(25)23-22-20(24)13-27-17-9-7-8-16(12-17)15(2)3/h5-12,15H,4,13-14H2,1-3H3,(H,22,24)(H,23,25). The van der Waals surface area contributed by atoms with Crippen molar-refractivity contribution < 1.29 is 23.8 Å². The van der Waals surface area contributed by atoms with Crippen LogP contribution in [-0.4, -0.2) is 31.6 Å². The van der Waals surface area contributed by atoms with Crippen LogP contribution in [0.2, 0.25) is 0 Å². The van der Waals surface area contributed by atoms with Crippen LogP contribution >= 0.6 is 0 Å². The molecule has 0 radical (unpaired) electrons. The molecule has 0 atom stereocenters. The monoisotopic (exact) mass is 386 g/mol. The average Bonchev–Trinajstić information content (AvgIpc) is 2.70. The number of nitrogens with one attached hydrogen (secondary N) is 2. The van der Waals surface area contributed by atoms with Crippen LogP contribution in [0.15, 0.2) is 48.5 Å². The molecule has 0 spiro atoms. The van der Waals surface area contributed by atoms with Gasteiger partial charge in [-0.2, -0.15) is 0 Å². The second kappa shape index (κ2) is 10.8. The normalized spacial score (nSPS) is 10.3. The van der Waals surface area contributed by atoms with E-state index in [2.05, 4.69) is 24.7 Å². The zero-order valence-corrected chi connectivity index (χ0v) is 16.4. The van der Waals surface area contributed by atoms with Gasteiger partial charge in [0.2, 0.25) is 0 Å². The predicted molar refractivity (Wildman–Crippen MR) is 105 cm³/mol. The Balaban J connectivity index is 1.72. The van der Waals surface area contributed by atoms with Crippen molar-refractivity contribution in [2.75, 3.05) is 19.8 Å². The van der Waals surface area contributed by atoms with Gasteiger partial charge >= 0.3 is 0 Å². The Hall–Kier alpha value is -3.22. The van der Waals surface area contributed by atoms with Crippen LogP contribution in [0, 0.1) is 0 Å². The highest BCUT2D eigenvalue weighted by atomic mass is 16.5. The predicted octanol–water partition coefficient (Wildman–Crippen LogP) is 2.81. The Kier molecular flexibility index (Phi) is 8.14. The van der Waals surface area contributed by atoms with Crippen molar-refractivity contribution in [1.29, 1.82) is 0 Å². The second-order valence-electron chi connectivity index (χ2n) is 6.28. The molecule has 0 heterocycles. The molecule has 2 aromatic carbocycles. The average molecular weight is 386 g/mol. The number of hydrogen-bond acceptors (Lipinski definition) is 5. The van der Waals surface area contributed by atoms with E-state index in [-0.39, 0.29) is 13.2 Å². The maximum atomic E-state index is 11.9. The van der Waals surface area contributed by atoms with Crippen LogP contribution in [0.25, 0.3) is 0 Å². The molecule has 7 nitrogen and oxygen atoms in total. The van der Waals surface area contributed by atoms with E-state index in [9.17, 15) is 9.59 Å². The van der Waals surface area contributed by atoms with Crippen molar-refractivity contribution in [2.24, 2.45) is 0 Å². The first kappa shape index (κ1) is 21.1. The third kappa shape index (κ3) is 6.83. The third-order valence-corrected chi connectivity index (χ3v) is 3.74. The molecule has 0 bridgehead atoms. The Morgan fingerprint density at radius 2 is 1.46 bits per heavy atom. The molecule has 0 fully saturated rings. The number of benzene rings is 2. The van der Waals surface area contributed by atoms with Gasteiger partial charge in [0.1, 0.15) is 5.75 Å². The maximum absolute atomic E-state index is 11.9. The van der Waals surface area contributed by atoms with E-state index in [0.717, 1.165) is 5.56 Å². The van der Waals surface area contributed by atoms with Gasteiger partial charge in [-0.1, -0.05) is 38.1 Å². The Morgan fingerprint density at radius 1 is 0.857 bits per heavy atom. The first-order valence-electron chi connectivity index (χ1n) is 9.14. The summed E-state index contributed by atoms with van der Waals surface area (Å²) in [6, 6.07) is 14.6. The van der Waals surface area contributed by atoms with Crippen molar-refractivity contribution >= 4 is 11.8 Å². The van der Waals surface area contributed by atoms with Crippen molar-refractivity contribution in [2.45, 2.75) is 26.7 Å². The number of carbonyl (C=O) groups excluding carboxylic acids is 2. The second-order valence-corrected chi connectivity index (χ2v) is 6.28. The summed E-state index contributed by atoms with van der Waals surface area (Å²) in [6.45, 7) is 6.03. The number of para-hydroxylation sites is 2. The lowest BCUT2D eigenvalue weighted by Crippen LogP contribution is -2.45. The maximum Gasteiger partial charge on any atom is 0.276 e. The zero-order valence-electron chi connectivity index (χ0n) is 16.4. The quantitative estimate of drug-likeness (QED) is 0.647. The molecule has 150 valence electrons. The van der Waals surface area contributed by atoms with Crippen LogP contribution in [0.1, 0.15) is 32.3 Å². The Morgan fingerprint density at radius 3 is 2.07 bits per heavy atom. The van der Waals surface area contributed by atoms with E-state index in [4.69, 9.17) is 14.2 Å². The Bertz CT molecular complexity index is 792. The van der Waals surface area contributed by atoms with E-state index >= 15 is 0 Å². The molecule has 0 saturated heterocycles. The van der Waals surface area contributed by atoms with E-state index in [1.807, 2.05) is 31.2 Å². The van der Waals surface area contributed by atoms with Crippen LogP contribution in [-0.2, 0) is 9.59 Å². The van der Waals surface area contributed by atoms with Gasteiger partial charge < -0.3 is 14.2 Å². The van der Waals surface area contributed by atoms with Gasteiger partial charge in [0, 0.05) is 0 Å². The minimum Gasteiger partial charge on any atom is -0.490 e. The Labute approximate surface area is 165 Å². The topological polar surface area (TPSA) is 85.9 Å². The van der Waals surface area contributed by atoms with Crippen LogP contribution < -0.4 is 25.1 Å². The molecule has 28 heavy (non-hydrogen) atoms. The summed E-state index contributed by atoms with van der Waals surface area (Å²) in [4.78, 5) is 23.7. The summed E-state index contributed by atoms with van der Waals surface area (Å²) in [5, 5.41) is 0. The molecule has 2 aromatic rings. The molecule has 0 aliphatic carbocycles. The van der Waals surface area contributed by atoms with Gasteiger partial charge in [-0.3, -0.25) is 20.4 Å². The molecular formula is C21H26N2O5. The summed E-state index contributed by atoms with van der Waals surface area (Å²) < 4.78 is 16.3. The van der Waals surface area contributed by atoms with Crippen molar-refractivity contribution in [3.05, 3.63) is 54.1 Å². The van der Waals surface area contributed by atoms with Gasteiger partial charge in [-0.05, 0) is 42.7 Å². The molecule has 0 aliphatic rings. The van der Waals surface area contributed by atoms with Crippen molar-refractivity contribution in [1.82, 2.24) is 10.9 Å². The SMILES string of the molecule is CCOc1ccccc1OCC(=O)NNC(=O)COc1cccc(C(C)C)c1. The first-order chi connectivity index (χ1) is 13.5.